The molecule has 0 unspecified atom stereocenters. The van der Waals surface area contributed by atoms with E-state index in [1.165, 1.54) is 13.2 Å². The smallest absolute Gasteiger partial charge is 0.337 e. The molecule has 0 radical (unpaired) electrons. The van der Waals surface area contributed by atoms with E-state index in [0.717, 1.165) is 18.2 Å². The highest BCUT2D eigenvalue weighted by molar-refractivity contribution is 5.93. The first-order chi connectivity index (χ1) is 22.4. The molecule has 0 N–H and O–H groups in total. The third-order valence-corrected chi connectivity index (χ3v) is 7.95. The Morgan fingerprint density at radius 3 is 2.61 bits per heavy atom. The number of halogens is 2. The number of esters is 1. The minimum absolute atomic E-state index is 0.0131. The molecule has 4 heterocycles. The molecule has 0 bridgehead atoms. The number of fused-ring (bicyclic) bond motifs is 1. The highest BCUT2D eigenvalue weighted by Gasteiger charge is 2.24. The lowest BCUT2D eigenvalue weighted by Crippen LogP contribution is -2.31. The Hall–Kier alpha value is -5.42. The van der Waals surface area contributed by atoms with Crippen LogP contribution >= 0.6 is 0 Å². The van der Waals surface area contributed by atoms with Gasteiger partial charge in [-0.1, -0.05) is 24.3 Å². The number of nitrogens with zero attached hydrogens (tertiary/aromatic N) is 5. The highest BCUT2D eigenvalue weighted by atomic mass is 19.1. The van der Waals surface area contributed by atoms with Crippen LogP contribution in [0.3, 0.4) is 0 Å². The fraction of sp³-hybridized carbons (Fsp3) is 0.200. The lowest BCUT2D eigenvalue weighted by Gasteiger charge is -2.27. The molecular weight excluding hydrogens is 592 g/mol. The van der Waals surface area contributed by atoms with Crippen LogP contribution in [0.5, 0.6) is 5.88 Å². The summed E-state index contributed by atoms with van der Waals surface area (Å²) in [5.74, 6) is -0.900. The lowest BCUT2D eigenvalue weighted by atomic mass is 10.0. The van der Waals surface area contributed by atoms with Crippen LogP contribution in [0.1, 0.15) is 33.9 Å². The normalized spacial score (nSPS) is 14.3. The molecule has 11 heteroatoms. The van der Waals surface area contributed by atoms with Gasteiger partial charge >= 0.3 is 5.97 Å². The van der Waals surface area contributed by atoms with E-state index in [1.807, 2.05) is 47.2 Å². The number of rotatable bonds is 10. The summed E-state index contributed by atoms with van der Waals surface area (Å²) in [6.07, 6.45) is 2.72. The number of ether oxygens (including phenoxy) is 3. The molecular formula is C35H29F2N5O4. The van der Waals surface area contributed by atoms with Crippen LogP contribution in [-0.2, 0) is 29.0 Å². The number of carbonyl (C=O) groups is 1. The molecule has 3 aromatic heterocycles. The fourth-order valence-corrected chi connectivity index (χ4v) is 5.43. The quantitative estimate of drug-likeness (QED) is 0.166. The molecule has 1 fully saturated rings. The van der Waals surface area contributed by atoms with Gasteiger partial charge in [-0.3, -0.25) is 0 Å². The molecule has 0 amide bonds. The van der Waals surface area contributed by atoms with Gasteiger partial charge in [-0.15, -0.1) is 0 Å². The third kappa shape index (κ3) is 5.96. The van der Waals surface area contributed by atoms with Crippen molar-refractivity contribution in [1.29, 1.82) is 0 Å². The molecule has 46 heavy (non-hydrogen) atoms. The fourth-order valence-electron chi connectivity index (χ4n) is 5.43. The first-order valence-electron chi connectivity index (χ1n) is 14.8. The summed E-state index contributed by atoms with van der Waals surface area (Å²) in [5, 5.41) is 4.53. The van der Waals surface area contributed by atoms with E-state index >= 15 is 8.78 Å². The number of para-hydroxylation sites is 1. The van der Waals surface area contributed by atoms with Gasteiger partial charge in [0.05, 0.1) is 47.7 Å². The Balaban J connectivity index is 1.11. The molecule has 3 aromatic carbocycles. The SMILES string of the molecule is COC(=O)c1ccc2nc(Cc3cc(F)c(-c4cccc(OCc5ccn(-c6ccccc6)n5)n4)cc3F)n(C[C@@H]3CCO3)c2c1. The number of aromatic nitrogens is 5. The van der Waals surface area contributed by atoms with Crippen LogP contribution in [0.4, 0.5) is 8.78 Å². The summed E-state index contributed by atoms with van der Waals surface area (Å²) in [7, 11) is 1.32. The second-order valence-corrected chi connectivity index (χ2v) is 11.0. The number of benzene rings is 3. The molecule has 232 valence electrons. The zero-order chi connectivity index (χ0) is 31.6. The summed E-state index contributed by atoms with van der Waals surface area (Å²) in [6.45, 7) is 1.29. The van der Waals surface area contributed by atoms with Crippen LogP contribution in [0.15, 0.2) is 91.1 Å². The van der Waals surface area contributed by atoms with Gasteiger partial charge in [0.1, 0.15) is 29.8 Å². The maximum absolute atomic E-state index is 15.6. The second kappa shape index (κ2) is 12.5. The topological polar surface area (TPSA) is 93.3 Å². The van der Waals surface area contributed by atoms with Crippen molar-refractivity contribution in [1.82, 2.24) is 24.3 Å². The zero-order valence-electron chi connectivity index (χ0n) is 24.9. The van der Waals surface area contributed by atoms with Crippen LogP contribution in [-0.4, -0.2) is 50.1 Å². The summed E-state index contributed by atoms with van der Waals surface area (Å²) < 4.78 is 51.2. The zero-order valence-corrected chi connectivity index (χ0v) is 24.9. The number of pyridine rings is 1. The molecule has 0 aliphatic carbocycles. The Morgan fingerprint density at radius 1 is 0.978 bits per heavy atom. The first kappa shape index (κ1) is 29.3. The Kier molecular flexibility index (Phi) is 7.98. The minimum atomic E-state index is -0.624. The number of imidazole rings is 1. The van der Waals surface area contributed by atoms with Gasteiger partial charge < -0.3 is 18.8 Å². The van der Waals surface area contributed by atoms with Crippen molar-refractivity contribution in [3.05, 3.63) is 125 Å². The van der Waals surface area contributed by atoms with Crippen molar-refractivity contribution < 1.29 is 27.8 Å². The predicted molar refractivity (Wildman–Crippen MR) is 166 cm³/mol. The van der Waals surface area contributed by atoms with E-state index in [1.54, 1.807) is 41.1 Å². The first-order valence-corrected chi connectivity index (χ1v) is 14.8. The summed E-state index contributed by atoms with van der Waals surface area (Å²) >= 11 is 0. The molecule has 1 atom stereocenters. The number of methoxy groups -OCH3 is 1. The van der Waals surface area contributed by atoms with Crippen LogP contribution in [0, 0.1) is 11.6 Å². The van der Waals surface area contributed by atoms with E-state index in [0.29, 0.717) is 41.3 Å². The monoisotopic (exact) mass is 621 g/mol. The van der Waals surface area contributed by atoms with Crippen molar-refractivity contribution in [2.24, 2.45) is 0 Å². The van der Waals surface area contributed by atoms with Gasteiger partial charge in [0.2, 0.25) is 5.88 Å². The average molecular weight is 622 g/mol. The summed E-state index contributed by atoms with van der Waals surface area (Å²) in [6, 6.07) is 23.9. The summed E-state index contributed by atoms with van der Waals surface area (Å²) in [5.41, 5.74) is 3.70. The van der Waals surface area contributed by atoms with Crippen molar-refractivity contribution in [3.8, 4) is 22.8 Å². The van der Waals surface area contributed by atoms with Crippen molar-refractivity contribution >= 4 is 17.0 Å². The average Bonchev–Trinajstić information content (AvgIpc) is 3.67. The minimum Gasteiger partial charge on any atom is -0.471 e. The van der Waals surface area contributed by atoms with Crippen LogP contribution in [0.2, 0.25) is 0 Å². The Labute approximate surface area is 263 Å². The van der Waals surface area contributed by atoms with Crippen molar-refractivity contribution in [2.45, 2.75) is 32.1 Å². The van der Waals surface area contributed by atoms with E-state index in [-0.39, 0.29) is 41.8 Å². The summed E-state index contributed by atoms with van der Waals surface area (Å²) in [4.78, 5) is 21.3. The maximum Gasteiger partial charge on any atom is 0.337 e. The third-order valence-electron chi connectivity index (χ3n) is 7.95. The van der Waals surface area contributed by atoms with E-state index in [4.69, 9.17) is 19.2 Å². The molecule has 9 nitrogen and oxygen atoms in total. The van der Waals surface area contributed by atoms with E-state index in [2.05, 4.69) is 10.1 Å². The van der Waals surface area contributed by atoms with Crippen LogP contribution in [0.25, 0.3) is 28.0 Å². The van der Waals surface area contributed by atoms with Gasteiger partial charge in [0.25, 0.3) is 0 Å². The van der Waals surface area contributed by atoms with Gasteiger partial charge in [0.15, 0.2) is 0 Å². The van der Waals surface area contributed by atoms with E-state index in [9.17, 15) is 4.79 Å². The molecule has 0 spiro atoms. The lowest BCUT2D eigenvalue weighted by molar-refractivity contribution is -0.0589. The molecule has 1 aliphatic heterocycles. The standard InChI is InChI=1S/C35H29F2N5O4/c1-44-35(43)22-10-11-31-32(17-22)41(20-26-13-15-45-26)33(38-31)18-23-16-29(37)27(19-28(23)36)30-8-5-9-34(39-30)46-21-24-12-14-42(40-24)25-6-3-2-4-7-25/h2-12,14,16-17,19,26H,13,15,18,20-21H2,1H3/t26-/m0/s1. The predicted octanol–water partition coefficient (Wildman–Crippen LogP) is 6.31. The van der Waals surface area contributed by atoms with Crippen molar-refractivity contribution in [2.75, 3.05) is 13.7 Å². The molecule has 6 aromatic rings. The van der Waals surface area contributed by atoms with Gasteiger partial charge in [-0.05, 0) is 66.6 Å². The molecule has 1 aliphatic rings. The Morgan fingerprint density at radius 2 is 1.83 bits per heavy atom. The number of hydrogen-bond donors (Lipinski definition) is 0. The second-order valence-electron chi connectivity index (χ2n) is 11.0. The number of hydrogen-bond acceptors (Lipinski definition) is 7. The van der Waals surface area contributed by atoms with Crippen LogP contribution < -0.4 is 4.74 Å². The number of carbonyl (C=O) groups excluding carboxylic acids is 1. The van der Waals surface area contributed by atoms with E-state index < -0.39 is 17.6 Å². The Bertz CT molecular complexity index is 2040. The highest BCUT2D eigenvalue weighted by Crippen LogP contribution is 2.29. The van der Waals surface area contributed by atoms with Gasteiger partial charge in [0, 0.05) is 30.9 Å². The molecule has 1 saturated heterocycles. The molecule has 0 saturated carbocycles. The van der Waals surface area contributed by atoms with Crippen molar-refractivity contribution in [3.63, 3.8) is 0 Å². The molecule has 7 rings (SSSR count). The largest absolute Gasteiger partial charge is 0.471 e. The van der Waals surface area contributed by atoms with Gasteiger partial charge in [-0.25, -0.2) is 28.2 Å². The maximum atomic E-state index is 15.6. The van der Waals surface area contributed by atoms with Gasteiger partial charge in [-0.2, -0.15) is 5.10 Å².